The van der Waals surface area contributed by atoms with Crippen LogP contribution in [0, 0.1) is 5.41 Å². The number of sulfonamides is 1. The molecule has 3 N–H and O–H groups in total. The highest BCUT2D eigenvalue weighted by atomic mass is 32.2. The summed E-state index contributed by atoms with van der Waals surface area (Å²) >= 11 is 0. The van der Waals surface area contributed by atoms with E-state index < -0.39 is 21.5 Å². The third-order valence-corrected chi connectivity index (χ3v) is 5.23. The second-order valence-electron chi connectivity index (χ2n) is 8.01. The number of hydrogen-bond acceptors (Lipinski definition) is 4. The van der Waals surface area contributed by atoms with Gasteiger partial charge in [0.15, 0.2) is 0 Å². The molecule has 0 heterocycles. The van der Waals surface area contributed by atoms with Crippen molar-refractivity contribution >= 4 is 21.8 Å². The molecule has 7 nitrogen and oxygen atoms in total. The van der Waals surface area contributed by atoms with Crippen molar-refractivity contribution in [1.82, 2.24) is 15.4 Å². The summed E-state index contributed by atoms with van der Waals surface area (Å²) in [6.07, 6.45) is 0. The largest absolute Gasteiger partial charge is 0.350 e. The molecule has 1 aromatic carbocycles. The van der Waals surface area contributed by atoms with E-state index in [1.807, 2.05) is 0 Å². The van der Waals surface area contributed by atoms with Crippen LogP contribution < -0.4 is 15.4 Å². The lowest BCUT2D eigenvalue weighted by Crippen LogP contribution is -2.48. The molecule has 0 aliphatic heterocycles. The topological polar surface area (TPSA) is 104 Å². The Balaban J connectivity index is 2.56. The Bertz CT molecular complexity index is 750. The van der Waals surface area contributed by atoms with Crippen LogP contribution in [0.3, 0.4) is 0 Å². The van der Waals surface area contributed by atoms with E-state index in [-0.39, 0.29) is 23.6 Å². The number of carbonyl (C=O) groups is 2. The maximum atomic E-state index is 12.1. The maximum Gasteiger partial charge on any atom is 0.242 e. The number of nitrogens with one attached hydrogen (secondary N) is 3. The molecular formula is C19H31N3O4S. The standard InChI is InChI=1S/C19H31N3O4S/c1-13(2)22-27(25,26)12-16-9-7-15(8-10-16)11-20-17(23)14(3)21-18(24)19(4,5)6/h7-10,13-14,22H,11-12H2,1-6H3,(H,20,23)(H,21,24). The summed E-state index contributed by atoms with van der Waals surface area (Å²) in [5, 5.41) is 5.45. The number of benzene rings is 1. The van der Waals surface area contributed by atoms with Crippen LogP contribution in [0.25, 0.3) is 0 Å². The molecule has 1 atom stereocenters. The van der Waals surface area contributed by atoms with E-state index in [0.29, 0.717) is 12.1 Å². The van der Waals surface area contributed by atoms with Gasteiger partial charge in [-0.15, -0.1) is 0 Å². The molecule has 0 bridgehead atoms. The monoisotopic (exact) mass is 397 g/mol. The lowest BCUT2D eigenvalue weighted by atomic mass is 9.95. The molecule has 0 fully saturated rings. The van der Waals surface area contributed by atoms with Crippen molar-refractivity contribution in [2.75, 3.05) is 0 Å². The molecule has 8 heteroatoms. The minimum Gasteiger partial charge on any atom is -0.350 e. The van der Waals surface area contributed by atoms with Gasteiger partial charge in [-0.25, -0.2) is 13.1 Å². The molecule has 0 aliphatic carbocycles. The van der Waals surface area contributed by atoms with E-state index in [4.69, 9.17) is 0 Å². The van der Waals surface area contributed by atoms with E-state index in [1.54, 1.807) is 65.8 Å². The first-order valence-corrected chi connectivity index (χ1v) is 10.6. The first-order valence-electron chi connectivity index (χ1n) is 8.96. The summed E-state index contributed by atoms with van der Waals surface area (Å²) in [4.78, 5) is 24.0. The molecule has 0 radical (unpaired) electrons. The summed E-state index contributed by atoms with van der Waals surface area (Å²) < 4.78 is 26.4. The Kier molecular flexibility index (Phi) is 7.98. The van der Waals surface area contributed by atoms with Crippen molar-refractivity contribution in [2.24, 2.45) is 5.41 Å². The van der Waals surface area contributed by atoms with Gasteiger partial charge in [0.05, 0.1) is 5.75 Å². The Morgan fingerprint density at radius 2 is 1.52 bits per heavy atom. The van der Waals surface area contributed by atoms with Crippen molar-refractivity contribution in [2.45, 2.75) is 65.9 Å². The van der Waals surface area contributed by atoms with E-state index in [2.05, 4.69) is 15.4 Å². The van der Waals surface area contributed by atoms with Crippen LogP contribution in [0.2, 0.25) is 0 Å². The highest BCUT2D eigenvalue weighted by molar-refractivity contribution is 7.88. The van der Waals surface area contributed by atoms with Crippen molar-refractivity contribution in [3.63, 3.8) is 0 Å². The zero-order valence-corrected chi connectivity index (χ0v) is 17.7. The third-order valence-electron chi connectivity index (χ3n) is 3.68. The Morgan fingerprint density at radius 1 is 1.00 bits per heavy atom. The molecule has 0 saturated heterocycles. The van der Waals surface area contributed by atoms with Crippen LogP contribution in [-0.2, 0) is 31.9 Å². The summed E-state index contributed by atoms with van der Waals surface area (Å²) in [6, 6.07) is 6.23. The zero-order valence-electron chi connectivity index (χ0n) is 16.9. The molecule has 1 unspecified atom stereocenters. The first-order chi connectivity index (χ1) is 12.3. The highest BCUT2D eigenvalue weighted by Crippen LogP contribution is 2.13. The van der Waals surface area contributed by atoms with Crippen LogP contribution >= 0.6 is 0 Å². The molecule has 1 aromatic rings. The van der Waals surface area contributed by atoms with Gasteiger partial charge in [0.1, 0.15) is 6.04 Å². The van der Waals surface area contributed by atoms with Crippen LogP contribution in [-0.4, -0.2) is 32.3 Å². The second-order valence-corrected chi connectivity index (χ2v) is 9.76. The quantitative estimate of drug-likeness (QED) is 0.621. The van der Waals surface area contributed by atoms with E-state index in [1.165, 1.54) is 0 Å². The van der Waals surface area contributed by atoms with Crippen LogP contribution in [0.1, 0.15) is 52.7 Å². The smallest absolute Gasteiger partial charge is 0.242 e. The fourth-order valence-electron chi connectivity index (χ4n) is 2.19. The average Bonchev–Trinajstić information content (AvgIpc) is 2.51. The molecule has 27 heavy (non-hydrogen) atoms. The van der Waals surface area contributed by atoms with Gasteiger partial charge in [-0.1, -0.05) is 45.0 Å². The van der Waals surface area contributed by atoms with Gasteiger partial charge in [-0.3, -0.25) is 9.59 Å². The summed E-state index contributed by atoms with van der Waals surface area (Å²) in [7, 11) is -3.37. The predicted octanol–water partition coefficient (Wildman–Crippen LogP) is 1.68. The number of rotatable bonds is 8. The molecule has 2 amide bonds. The fraction of sp³-hybridized carbons (Fsp3) is 0.579. The van der Waals surface area contributed by atoms with Gasteiger partial charge in [-0.05, 0) is 31.9 Å². The SMILES string of the molecule is CC(C)NS(=O)(=O)Cc1ccc(CNC(=O)C(C)NC(=O)C(C)(C)C)cc1. The molecule has 1 rings (SSSR count). The van der Waals surface area contributed by atoms with Gasteiger partial charge in [-0.2, -0.15) is 0 Å². The number of hydrogen-bond donors (Lipinski definition) is 3. The second kappa shape index (κ2) is 9.32. The molecule has 0 saturated carbocycles. The average molecular weight is 398 g/mol. The minimum atomic E-state index is -3.37. The lowest BCUT2D eigenvalue weighted by molar-refractivity contribution is -0.133. The van der Waals surface area contributed by atoms with Crippen LogP contribution in [0.15, 0.2) is 24.3 Å². The van der Waals surface area contributed by atoms with Crippen LogP contribution in [0.5, 0.6) is 0 Å². The molecule has 0 spiro atoms. The Hall–Kier alpha value is -1.93. The molecular weight excluding hydrogens is 366 g/mol. The summed E-state index contributed by atoms with van der Waals surface area (Å²) in [6.45, 7) is 10.8. The summed E-state index contributed by atoms with van der Waals surface area (Å²) in [5.41, 5.74) is 0.953. The molecule has 0 aromatic heterocycles. The Labute approximate surface area is 162 Å². The third kappa shape index (κ3) is 8.53. The van der Waals surface area contributed by atoms with Gasteiger partial charge in [0.25, 0.3) is 0 Å². The first kappa shape index (κ1) is 23.1. The summed E-state index contributed by atoms with van der Waals surface area (Å²) in [5.74, 6) is -0.556. The number of carbonyl (C=O) groups excluding carboxylic acids is 2. The maximum absolute atomic E-state index is 12.1. The van der Waals surface area contributed by atoms with Crippen molar-refractivity contribution in [3.8, 4) is 0 Å². The van der Waals surface area contributed by atoms with Crippen molar-refractivity contribution < 1.29 is 18.0 Å². The molecule has 152 valence electrons. The normalized spacial score (nSPS) is 13.3. The van der Waals surface area contributed by atoms with Gasteiger partial charge >= 0.3 is 0 Å². The van der Waals surface area contributed by atoms with E-state index in [0.717, 1.165) is 5.56 Å². The zero-order chi connectivity index (χ0) is 20.8. The fourth-order valence-corrected chi connectivity index (χ4v) is 3.63. The van der Waals surface area contributed by atoms with Crippen molar-refractivity contribution in [3.05, 3.63) is 35.4 Å². The highest BCUT2D eigenvalue weighted by Gasteiger charge is 2.24. The van der Waals surface area contributed by atoms with Gasteiger partial charge < -0.3 is 10.6 Å². The lowest BCUT2D eigenvalue weighted by Gasteiger charge is -2.21. The molecule has 0 aliphatic rings. The minimum absolute atomic E-state index is 0.0896. The van der Waals surface area contributed by atoms with Crippen molar-refractivity contribution in [1.29, 1.82) is 0 Å². The van der Waals surface area contributed by atoms with E-state index >= 15 is 0 Å². The van der Waals surface area contributed by atoms with Gasteiger partial charge in [0, 0.05) is 18.0 Å². The predicted molar refractivity (Wildman–Crippen MR) is 106 cm³/mol. The van der Waals surface area contributed by atoms with E-state index in [9.17, 15) is 18.0 Å². The Morgan fingerprint density at radius 3 is 2.00 bits per heavy atom. The van der Waals surface area contributed by atoms with Crippen LogP contribution in [0.4, 0.5) is 0 Å². The number of amides is 2. The van der Waals surface area contributed by atoms with Gasteiger partial charge in [0.2, 0.25) is 21.8 Å².